The van der Waals surface area contributed by atoms with Gasteiger partial charge < -0.3 is 10.1 Å². The Balaban J connectivity index is 2.29. The topological polar surface area (TPSA) is 34.1 Å². The molecule has 0 aliphatic heterocycles. The number of ether oxygens (including phenoxy) is 1. The molecule has 2 aromatic rings. The van der Waals surface area contributed by atoms with E-state index < -0.39 is 0 Å². The van der Waals surface area contributed by atoms with Crippen LogP contribution in [0.4, 0.5) is 0 Å². The molecular weight excluding hydrogens is 268 g/mol. The van der Waals surface area contributed by atoms with E-state index in [0.29, 0.717) is 12.5 Å². The van der Waals surface area contributed by atoms with Crippen molar-refractivity contribution in [2.75, 3.05) is 13.7 Å². The van der Waals surface area contributed by atoms with E-state index in [-0.39, 0.29) is 0 Å². The highest BCUT2D eigenvalue weighted by Crippen LogP contribution is 2.32. The second-order valence-corrected chi connectivity index (χ2v) is 6.05. The molecule has 0 saturated carbocycles. The van der Waals surface area contributed by atoms with Gasteiger partial charge in [0.1, 0.15) is 10.8 Å². The van der Waals surface area contributed by atoms with Gasteiger partial charge in [0.05, 0.1) is 12.3 Å². The van der Waals surface area contributed by atoms with Gasteiger partial charge in [-0.3, -0.25) is 0 Å². The first-order chi connectivity index (χ1) is 9.65. The van der Waals surface area contributed by atoms with Crippen LogP contribution in [-0.4, -0.2) is 18.6 Å². The molecule has 0 atom stereocenters. The highest BCUT2D eigenvalue weighted by Gasteiger charge is 2.14. The number of rotatable bonds is 6. The summed E-state index contributed by atoms with van der Waals surface area (Å²) < 4.78 is 5.48. The molecule has 20 heavy (non-hydrogen) atoms. The summed E-state index contributed by atoms with van der Waals surface area (Å²) in [5.41, 5.74) is 2.36. The Morgan fingerprint density at radius 1 is 1.25 bits per heavy atom. The van der Waals surface area contributed by atoms with Crippen molar-refractivity contribution >= 4 is 11.3 Å². The third-order valence-electron chi connectivity index (χ3n) is 3.02. The van der Waals surface area contributed by atoms with Gasteiger partial charge in [-0.25, -0.2) is 4.98 Å². The Hall–Kier alpha value is -1.39. The highest BCUT2D eigenvalue weighted by atomic mass is 32.1. The van der Waals surface area contributed by atoms with Gasteiger partial charge in [0.25, 0.3) is 0 Å². The number of nitrogens with one attached hydrogen (secondary N) is 1. The van der Waals surface area contributed by atoms with Crippen LogP contribution in [0.3, 0.4) is 0 Å². The SMILES string of the molecule is CCOc1ccc(-c2nc(C(C)C)c(CNC)s2)cc1. The summed E-state index contributed by atoms with van der Waals surface area (Å²) in [5.74, 6) is 1.36. The van der Waals surface area contributed by atoms with Crippen LogP contribution in [0.25, 0.3) is 10.6 Å². The van der Waals surface area contributed by atoms with Crippen LogP contribution in [0.1, 0.15) is 37.3 Å². The third kappa shape index (κ3) is 3.38. The fourth-order valence-electron chi connectivity index (χ4n) is 2.09. The van der Waals surface area contributed by atoms with Crippen LogP contribution in [-0.2, 0) is 6.54 Å². The molecule has 0 fully saturated rings. The predicted molar refractivity (Wildman–Crippen MR) is 85.6 cm³/mol. The Morgan fingerprint density at radius 2 is 1.95 bits per heavy atom. The lowest BCUT2D eigenvalue weighted by Gasteiger charge is -2.03. The molecular formula is C16H22N2OS. The molecule has 0 bridgehead atoms. The molecule has 108 valence electrons. The number of hydrogen-bond acceptors (Lipinski definition) is 4. The molecule has 0 spiro atoms. The minimum atomic E-state index is 0.450. The molecule has 4 heteroatoms. The van der Waals surface area contributed by atoms with Crippen molar-refractivity contribution < 1.29 is 4.74 Å². The van der Waals surface area contributed by atoms with Crippen molar-refractivity contribution in [1.29, 1.82) is 0 Å². The summed E-state index contributed by atoms with van der Waals surface area (Å²) in [5, 5.41) is 4.31. The zero-order valence-corrected chi connectivity index (χ0v) is 13.4. The zero-order chi connectivity index (χ0) is 14.5. The Kier molecular flexibility index (Phi) is 5.15. The van der Waals surface area contributed by atoms with Crippen LogP contribution in [0.15, 0.2) is 24.3 Å². The van der Waals surface area contributed by atoms with Gasteiger partial charge in [-0.2, -0.15) is 0 Å². The van der Waals surface area contributed by atoms with E-state index in [2.05, 4.69) is 31.3 Å². The Morgan fingerprint density at radius 3 is 2.50 bits per heavy atom. The summed E-state index contributed by atoms with van der Waals surface area (Å²) in [6.45, 7) is 7.95. The molecule has 2 rings (SSSR count). The van der Waals surface area contributed by atoms with Gasteiger partial charge in [-0.15, -0.1) is 11.3 Å². The van der Waals surface area contributed by atoms with Crippen LogP contribution in [0.2, 0.25) is 0 Å². The quantitative estimate of drug-likeness (QED) is 0.871. The van der Waals surface area contributed by atoms with E-state index in [0.717, 1.165) is 22.9 Å². The lowest BCUT2D eigenvalue weighted by Crippen LogP contribution is -2.06. The highest BCUT2D eigenvalue weighted by molar-refractivity contribution is 7.15. The summed E-state index contributed by atoms with van der Waals surface area (Å²) >= 11 is 1.77. The summed E-state index contributed by atoms with van der Waals surface area (Å²) in [7, 11) is 1.97. The molecule has 1 aromatic carbocycles. The molecule has 0 aliphatic carbocycles. The van der Waals surface area contributed by atoms with Crippen LogP contribution in [0.5, 0.6) is 5.75 Å². The summed E-state index contributed by atoms with van der Waals surface area (Å²) in [4.78, 5) is 6.14. The lowest BCUT2D eigenvalue weighted by molar-refractivity contribution is 0.340. The second kappa shape index (κ2) is 6.86. The molecule has 0 amide bonds. The predicted octanol–water partition coefficient (Wildman–Crippen LogP) is 4.05. The maximum absolute atomic E-state index is 5.48. The Labute approximate surface area is 125 Å². The van der Waals surface area contributed by atoms with Crippen molar-refractivity contribution in [3.63, 3.8) is 0 Å². The Bertz CT molecular complexity index is 546. The van der Waals surface area contributed by atoms with Gasteiger partial charge in [-0.05, 0) is 44.2 Å². The smallest absolute Gasteiger partial charge is 0.123 e. The van der Waals surface area contributed by atoms with E-state index in [4.69, 9.17) is 9.72 Å². The van der Waals surface area contributed by atoms with E-state index in [1.807, 2.05) is 26.1 Å². The normalized spacial score (nSPS) is 11.1. The van der Waals surface area contributed by atoms with Crippen molar-refractivity contribution in [1.82, 2.24) is 10.3 Å². The molecule has 1 aromatic heterocycles. The van der Waals surface area contributed by atoms with Gasteiger partial charge >= 0.3 is 0 Å². The molecule has 1 N–H and O–H groups in total. The largest absolute Gasteiger partial charge is 0.494 e. The summed E-state index contributed by atoms with van der Waals surface area (Å²) in [6.07, 6.45) is 0. The van der Waals surface area contributed by atoms with Crippen molar-refractivity contribution in [3.8, 4) is 16.3 Å². The zero-order valence-electron chi connectivity index (χ0n) is 12.6. The first-order valence-electron chi connectivity index (χ1n) is 7.03. The van der Waals surface area contributed by atoms with Crippen molar-refractivity contribution in [2.45, 2.75) is 33.2 Å². The molecule has 1 heterocycles. The minimum absolute atomic E-state index is 0.450. The molecule has 3 nitrogen and oxygen atoms in total. The van der Waals surface area contributed by atoms with Crippen LogP contribution < -0.4 is 10.1 Å². The lowest BCUT2D eigenvalue weighted by atomic mass is 10.1. The van der Waals surface area contributed by atoms with E-state index in [1.54, 1.807) is 11.3 Å². The van der Waals surface area contributed by atoms with Crippen molar-refractivity contribution in [2.24, 2.45) is 0 Å². The number of nitrogens with zero attached hydrogens (tertiary/aromatic N) is 1. The van der Waals surface area contributed by atoms with Crippen LogP contribution >= 0.6 is 11.3 Å². The van der Waals surface area contributed by atoms with Crippen molar-refractivity contribution in [3.05, 3.63) is 34.8 Å². The fraction of sp³-hybridized carbons (Fsp3) is 0.438. The average molecular weight is 290 g/mol. The molecule has 0 unspecified atom stereocenters. The number of thiazole rings is 1. The molecule has 0 aliphatic rings. The molecule has 0 radical (unpaired) electrons. The fourth-order valence-corrected chi connectivity index (χ4v) is 3.32. The van der Waals surface area contributed by atoms with E-state index >= 15 is 0 Å². The number of benzene rings is 1. The van der Waals surface area contributed by atoms with E-state index in [1.165, 1.54) is 10.6 Å². The van der Waals surface area contributed by atoms with Gasteiger partial charge in [0.15, 0.2) is 0 Å². The first-order valence-corrected chi connectivity index (χ1v) is 7.84. The second-order valence-electron chi connectivity index (χ2n) is 4.97. The maximum Gasteiger partial charge on any atom is 0.123 e. The van der Waals surface area contributed by atoms with Gasteiger partial charge in [0.2, 0.25) is 0 Å². The minimum Gasteiger partial charge on any atom is -0.494 e. The van der Waals surface area contributed by atoms with Crippen LogP contribution in [0, 0.1) is 0 Å². The number of aromatic nitrogens is 1. The van der Waals surface area contributed by atoms with E-state index in [9.17, 15) is 0 Å². The first kappa shape index (κ1) is 15.0. The standard InChI is InChI=1S/C16H22N2OS/c1-5-19-13-8-6-12(7-9-13)16-18-15(11(2)3)14(20-16)10-17-4/h6-9,11,17H,5,10H2,1-4H3. The number of hydrogen-bond donors (Lipinski definition) is 1. The molecule has 0 saturated heterocycles. The maximum atomic E-state index is 5.48. The van der Waals surface area contributed by atoms with Gasteiger partial charge in [0, 0.05) is 17.0 Å². The summed E-state index contributed by atoms with van der Waals surface area (Å²) in [6, 6.07) is 8.17. The van der Waals surface area contributed by atoms with Gasteiger partial charge in [-0.1, -0.05) is 13.8 Å². The monoisotopic (exact) mass is 290 g/mol. The third-order valence-corrected chi connectivity index (χ3v) is 4.14. The average Bonchev–Trinajstić information content (AvgIpc) is 2.85.